The van der Waals surface area contributed by atoms with Crippen LogP contribution in [0.5, 0.6) is 0 Å². The lowest BCUT2D eigenvalue weighted by Gasteiger charge is -2.13. The van der Waals surface area contributed by atoms with E-state index >= 15 is 0 Å². The zero-order valence-corrected chi connectivity index (χ0v) is 13.8. The highest BCUT2D eigenvalue weighted by atomic mass is 16.5. The van der Waals surface area contributed by atoms with Crippen molar-refractivity contribution in [3.8, 4) is 0 Å². The summed E-state index contributed by atoms with van der Waals surface area (Å²) in [6, 6.07) is 9.75. The molecule has 1 unspecified atom stereocenters. The van der Waals surface area contributed by atoms with E-state index in [0.717, 1.165) is 42.5 Å². The van der Waals surface area contributed by atoms with Crippen LogP contribution >= 0.6 is 0 Å². The highest BCUT2D eigenvalue weighted by molar-refractivity contribution is 6.06. The summed E-state index contributed by atoms with van der Waals surface area (Å²) in [5.41, 5.74) is 2.54. The minimum atomic E-state index is -0.0245. The maximum Gasteiger partial charge on any atom is 0.252 e. The van der Waals surface area contributed by atoms with Crippen molar-refractivity contribution in [2.45, 2.75) is 45.1 Å². The van der Waals surface area contributed by atoms with E-state index in [4.69, 9.17) is 4.74 Å². The number of pyridine rings is 1. The molecule has 1 amide bonds. The Morgan fingerprint density at radius 3 is 2.96 bits per heavy atom. The van der Waals surface area contributed by atoms with Crippen LogP contribution in [0.3, 0.4) is 0 Å². The first-order valence-corrected chi connectivity index (χ1v) is 8.44. The van der Waals surface area contributed by atoms with E-state index in [1.54, 1.807) is 0 Å². The van der Waals surface area contributed by atoms with Gasteiger partial charge in [0.15, 0.2) is 0 Å². The molecule has 1 N–H and O–H groups in total. The molecule has 122 valence electrons. The Morgan fingerprint density at radius 2 is 2.22 bits per heavy atom. The van der Waals surface area contributed by atoms with Crippen molar-refractivity contribution in [3.05, 3.63) is 41.6 Å². The van der Waals surface area contributed by atoms with Gasteiger partial charge < -0.3 is 10.1 Å². The predicted molar refractivity (Wildman–Crippen MR) is 91.8 cm³/mol. The van der Waals surface area contributed by atoms with Gasteiger partial charge in [-0.2, -0.15) is 0 Å². The van der Waals surface area contributed by atoms with Crippen molar-refractivity contribution < 1.29 is 9.53 Å². The molecule has 2 aromatic rings. The van der Waals surface area contributed by atoms with Crippen LogP contribution in [0.4, 0.5) is 0 Å². The number of aromatic nitrogens is 1. The predicted octanol–water partition coefficient (Wildman–Crippen LogP) is 3.66. The topological polar surface area (TPSA) is 51.2 Å². The van der Waals surface area contributed by atoms with E-state index in [2.05, 4.69) is 24.1 Å². The SMILES string of the molecule is CC(C)c1cc(C(=O)NCCC2CCCO2)c2ccccc2n1. The number of ether oxygens (including phenoxy) is 1. The second kappa shape index (κ2) is 7.09. The molecule has 0 bridgehead atoms. The van der Waals surface area contributed by atoms with E-state index < -0.39 is 0 Å². The second-order valence-electron chi connectivity index (χ2n) is 6.45. The van der Waals surface area contributed by atoms with E-state index in [1.807, 2.05) is 30.3 Å². The fraction of sp³-hybridized carbons (Fsp3) is 0.474. The summed E-state index contributed by atoms with van der Waals surface area (Å²) in [5, 5.41) is 3.95. The van der Waals surface area contributed by atoms with Crippen LogP contribution in [0.25, 0.3) is 10.9 Å². The fourth-order valence-electron chi connectivity index (χ4n) is 2.99. The Labute approximate surface area is 137 Å². The Hall–Kier alpha value is -1.94. The summed E-state index contributed by atoms with van der Waals surface area (Å²) in [7, 11) is 0. The number of para-hydroxylation sites is 1. The second-order valence-corrected chi connectivity index (χ2v) is 6.45. The molecule has 1 saturated heterocycles. The zero-order chi connectivity index (χ0) is 16.2. The molecule has 1 fully saturated rings. The molecule has 0 spiro atoms. The van der Waals surface area contributed by atoms with E-state index in [1.165, 1.54) is 0 Å². The first-order valence-electron chi connectivity index (χ1n) is 8.44. The number of amides is 1. The van der Waals surface area contributed by atoms with Crippen LogP contribution in [0.2, 0.25) is 0 Å². The maximum atomic E-state index is 12.6. The number of nitrogens with zero attached hydrogens (tertiary/aromatic N) is 1. The summed E-state index contributed by atoms with van der Waals surface area (Å²) in [5.74, 6) is 0.265. The average molecular weight is 312 g/mol. The van der Waals surface area contributed by atoms with Crippen molar-refractivity contribution in [3.63, 3.8) is 0 Å². The van der Waals surface area contributed by atoms with Gasteiger partial charge in [-0.25, -0.2) is 0 Å². The third kappa shape index (κ3) is 3.70. The largest absolute Gasteiger partial charge is 0.378 e. The van der Waals surface area contributed by atoms with Gasteiger partial charge in [0.2, 0.25) is 0 Å². The summed E-state index contributed by atoms with van der Waals surface area (Å²) >= 11 is 0. The lowest BCUT2D eigenvalue weighted by Crippen LogP contribution is -2.27. The highest BCUT2D eigenvalue weighted by Crippen LogP contribution is 2.22. The molecule has 23 heavy (non-hydrogen) atoms. The number of rotatable bonds is 5. The minimum absolute atomic E-state index is 0.0245. The highest BCUT2D eigenvalue weighted by Gasteiger charge is 2.17. The fourth-order valence-corrected chi connectivity index (χ4v) is 2.99. The van der Waals surface area contributed by atoms with Crippen molar-refractivity contribution in [1.29, 1.82) is 0 Å². The maximum absolute atomic E-state index is 12.6. The van der Waals surface area contributed by atoms with E-state index in [0.29, 0.717) is 18.2 Å². The lowest BCUT2D eigenvalue weighted by molar-refractivity contribution is 0.0908. The Morgan fingerprint density at radius 1 is 1.39 bits per heavy atom. The van der Waals surface area contributed by atoms with Crippen LogP contribution in [0.1, 0.15) is 55.1 Å². The number of carbonyl (C=O) groups is 1. The Balaban J connectivity index is 1.78. The molecule has 1 aliphatic rings. The van der Waals surface area contributed by atoms with Gasteiger partial charge in [0, 0.05) is 24.2 Å². The monoisotopic (exact) mass is 312 g/mol. The third-order valence-electron chi connectivity index (χ3n) is 4.35. The van der Waals surface area contributed by atoms with Crippen molar-refractivity contribution in [2.75, 3.05) is 13.2 Å². The molecule has 0 saturated carbocycles. The summed E-state index contributed by atoms with van der Waals surface area (Å²) < 4.78 is 5.60. The molecular formula is C19H24N2O2. The molecule has 4 heteroatoms. The van der Waals surface area contributed by atoms with Gasteiger partial charge in [0.05, 0.1) is 17.2 Å². The number of benzene rings is 1. The van der Waals surface area contributed by atoms with Gasteiger partial charge in [-0.15, -0.1) is 0 Å². The molecule has 3 rings (SSSR count). The first-order chi connectivity index (χ1) is 11.1. The smallest absolute Gasteiger partial charge is 0.252 e. The molecule has 1 aromatic heterocycles. The van der Waals surface area contributed by atoms with Crippen LogP contribution in [-0.4, -0.2) is 30.1 Å². The molecule has 1 aliphatic heterocycles. The number of nitrogens with one attached hydrogen (secondary N) is 1. The quantitative estimate of drug-likeness (QED) is 0.916. The van der Waals surface area contributed by atoms with E-state index in [-0.39, 0.29) is 11.8 Å². The molecule has 4 nitrogen and oxygen atoms in total. The number of hydrogen-bond donors (Lipinski definition) is 1. The van der Waals surface area contributed by atoms with Gasteiger partial charge in [-0.3, -0.25) is 9.78 Å². The van der Waals surface area contributed by atoms with Crippen LogP contribution in [-0.2, 0) is 4.74 Å². The number of fused-ring (bicyclic) bond motifs is 1. The minimum Gasteiger partial charge on any atom is -0.378 e. The molecule has 0 aliphatic carbocycles. The van der Waals surface area contributed by atoms with E-state index in [9.17, 15) is 4.79 Å². The first kappa shape index (κ1) is 15.9. The van der Waals surface area contributed by atoms with Crippen LogP contribution in [0.15, 0.2) is 30.3 Å². The van der Waals surface area contributed by atoms with Crippen molar-refractivity contribution in [1.82, 2.24) is 10.3 Å². The lowest BCUT2D eigenvalue weighted by atomic mass is 10.0. The third-order valence-corrected chi connectivity index (χ3v) is 4.35. The van der Waals surface area contributed by atoms with Gasteiger partial charge >= 0.3 is 0 Å². The standard InChI is InChI=1S/C19H24N2O2/c1-13(2)18-12-16(15-7-3-4-8-17(15)21-18)19(22)20-10-9-14-6-5-11-23-14/h3-4,7-8,12-14H,5-6,9-11H2,1-2H3,(H,20,22). The molecule has 2 heterocycles. The Kier molecular flexibility index (Phi) is 4.91. The normalized spacial score (nSPS) is 17.8. The zero-order valence-electron chi connectivity index (χ0n) is 13.8. The summed E-state index contributed by atoms with van der Waals surface area (Å²) in [6.07, 6.45) is 3.42. The number of carbonyl (C=O) groups excluding carboxylic acids is 1. The van der Waals surface area contributed by atoms with Gasteiger partial charge in [0.1, 0.15) is 0 Å². The summed E-state index contributed by atoms with van der Waals surface area (Å²) in [4.78, 5) is 17.3. The van der Waals surface area contributed by atoms with Crippen LogP contribution in [0, 0.1) is 0 Å². The van der Waals surface area contributed by atoms with Gasteiger partial charge in [0.25, 0.3) is 5.91 Å². The van der Waals surface area contributed by atoms with Gasteiger partial charge in [-0.1, -0.05) is 32.0 Å². The molecule has 1 aromatic carbocycles. The summed E-state index contributed by atoms with van der Waals surface area (Å²) in [6.45, 7) is 5.69. The molecule has 1 atom stereocenters. The molecular weight excluding hydrogens is 288 g/mol. The average Bonchev–Trinajstić information content (AvgIpc) is 3.07. The van der Waals surface area contributed by atoms with Crippen LogP contribution < -0.4 is 5.32 Å². The van der Waals surface area contributed by atoms with Crippen molar-refractivity contribution >= 4 is 16.8 Å². The Bertz CT molecular complexity index is 691. The van der Waals surface area contributed by atoms with Crippen molar-refractivity contribution in [2.24, 2.45) is 0 Å². The number of hydrogen-bond acceptors (Lipinski definition) is 3. The molecule has 0 radical (unpaired) electrons. The van der Waals surface area contributed by atoms with Gasteiger partial charge in [-0.05, 0) is 37.3 Å².